The first-order chi connectivity index (χ1) is 8.68. The Morgan fingerprint density at radius 1 is 1.39 bits per heavy atom. The van der Waals surface area contributed by atoms with Gasteiger partial charge in [0.25, 0.3) is 11.7 Å². The van der Waals surface area contributed by atoms with Crippen molar-refractivity contribution in [3.63, 3.8) is 0 Å². The molecule has 0 radical (unpaired) electrons. The van der Waals surface area contributed by atoms with Crippen LogP contribution in [0.3, 0.4) is 0 Å². The van der Waals surface area contributed by atoms with E-state index in [-0.39, 0.29) is 6.10 Å². The SMILES string of the molecule is O=C1C(=O)N(CC2CCCO2)c2c(Br)cccc21. The van der Waals surface area contributed by atoms with E-state index >= 15 is 0 Å². The minimum absolute atomic E-state index is 0.0415. The average Bonchev–Trinajstić information content (AvgIpc) is 2.94. The fourth-order valence-electron chi connectivity index (χ4n) is 2.48. The van der Waals surface area contributed by atoms with Crippen LogP contribution >= 0.6 is 15.9 Å². The highest BCUT2D eigenvalue weighted by molar-refractivity contribution is 9.10. The molecular formula is C13H12BrNO3. The van der Waals surface area contributed by atoms with Gasteiger partial charge >= 0.3 is 0 Å². The number of carbonyl (C=O) groups excluding carboxylic acids is 2. The number of nitrogens with zero attached hydrogens (tertiary/aromatic N) is 1. The van der Waals surface area contributed by atoms with Crippen LogP contribution in [0.2, 0.25) is 0 Å². The van der Waals surface area contributed by atoms with Crippen LogP contribution in [-0.2, 0) is 9.53 Å². The monoisotopic (exact) mass is 309 g/mol. The van der Waals surface area contributed by atoms with E-state index in [9.17, 15) is 9.59 Å². The number of carbonyl (C=O) groups is 2. The first-order valence-corrected chi connectivity index (χ1v) is 6.74. The molecule has 94 valence electrons. The molecule has 0 N–H and O–H groups in total. The van der Waals surface area contributed by atoms with Gasteiger partial charge in [0.2, 0.25) is 0 Å². The molecular weight excluding hydrogens is 298 g/mol. The lowest BCUT2D eigenvalue weighted by atomic mass is 10.1. The Hall–Kier alpha value is -1.20. The third-order valence-corrected chi connectivity index (χ3v) is 3.99. The number of anilines is 1. The zero-order valence-corrected chi connectivity index (χ0v) is 11.3. The molecule has 3 rings (SSSR count). The van der Waals surface area contributed by atoms with Gasteiger partial charge in [-0.1, -0.05) is 6.07 Å². The topological polar surface area (TPSA) is 46.6 Å². The van der Waals surface area contributed by atoms with Crippen LogP contribution in [0, 0.1) is 0 Å². The van der Waals surface area contributed by atoms with Crippen LogP contribution in [0.25, 0.3) is 0 Å². The molecule has 2 aliphatic heterocycles. The van der Waals surface area contributed by atoms with Crippen molar-refractivity contribution >= 4 is 33.3 Å². The number of ether oxygens (including phenoxy) is 1. The summed E-state index contributed by atoms with van der Waals surface area (Å²) in [6.07, 6.45) is 2.00. The van der Waals surface area contributed by atoms with Crippen molar-refractivity contribution in [3.05, 3.63) is 28.2 Å². The Morgan fingerprint density at radius 2 is 2.22 bits per heavy atom. The van der Waals surface area contributed by atoms with Crippen LogP contribution in [0.4, 0.5) is 5.69 Å². The fraction of sp³-hybridized carbons (Fsp3) is 0.385. The Kier molecular flexibility index (Phi) is 2.95. The molecule has 0 aliphatic carbocycles. The number of para-hydroxylation sites is 1. The van der Waals surface area contributed by atoms with E-state index in [1.807, 2.05) is 6.07 Å². The summed E-state index contributed by atoms with van der Waals surface area (Å²) in [5, 5.41) is 0. The molecule has 1 atom stereocenters. The van der Waals surface area contributed by atoms with E-state index < -0.39 is 11.7 Å². The predicted octanol–water partition coefficient (Wildman–Crippen LogP) is 2.16. The van der Waals surface area contributed by atoms with Crippen LogP contribution in [0.15, 0.2) is 22.7 Å². The summed E-state index contributed by atoms with van der Waals surface area (Å²) < 4.78 is 6.31. The van der Waals surface area contributed by atoms with E-state index in [0.717, 1.165) is 23.9 Å². The fourth-order valence-corrected chi connectivity index (χ4v) is 3.06. The number of amides is 1. The highest BCUT2D eigenvalue weighted by atomic mass is 79.9. The van der Waals surface area contributed by atoms with E-state index in [0.29, 0.717) is 17.8 Å². The summed E-state index contributed by atoms with van der Waals surface area (Å²) in [6, 6.07) is 5.30. The average molecular weight is 310 g/mol. The van der Waals surface area contributed by atoms with Gasteiger partial charge in [0.15, 0.2) is 0 Å². The van der Waals surface area contributed by atoms with Gasteiger partial charge in [-0.2, -0.15) is 0 Å². The summed E-state index contributed by atoms with van der Waals surface area (Å²) >= 11 is 3.41. The minimum Gasteiger partial charge on any atom is -0.376 e. The smallest absolute Gasteiger partial charge is 0.299 e. The van der Waals surface area contributed by atoms with Crippen molar-refractivity contribution in [2.45, 2.75) is 18.9 Å². The largest absolute Gasteiger partial charge is 0.376 e. The lowest BCUT2D eigenvalue weighted by molar-refractivity contribution is -0.114. The summed E-state index contributed by atoms with van der Waals surface area (Å²) in [5.41, 5.74) is 1.16. The second kappa shape index (κ2) is 4.48. The summed E-state index contributed by atoms with van der Waals surface area (Å²) in [5.74, 6) is -0.878. The van der Waals surface area contributed by atoms with E-state index in [1.54, 1.807) is 12.1 Å². The van der Waals surface area contributed by atoms with Crippen molar-refractivity contribution in [2.75, 3.05) is 18.1 Å². The second-order valence-electron chi connectivity index (χ2n) is 4.52. The molecule has 2 aliphatic rings. The maximum absolute atomic E-state index is 12.0. The minimum atomic E-state index is -0.451. The lowest BCUT2D eigenvalue weighted by Gasteiger charge is -2.21. The maximum Gasteiger partial charge on any atom is 0.299 e. The van der Waals surface area contributed by atoms with Crippen LogP contribution in [0.5, 0.6) is 0 Å². The number of benzene rings is 1. The van der Waals surface area contributed by atoms with Crippen molar-refractivity contribution in [1.82, 2.24) is 0 Å². The molecule has 1 aromatic rings. The molecule has 1 fully saturated rings. The number of Topliss-reactive ketones (excluding diaryl/α,β-unsaturated/α-hetero) is 1. The molecule has 1 amide bonds. The molecule has 1 saturated heterocycles. The van der Waals surface area contributed by atoms with Crippen LogP contribution < -0.4 is 4.90 Å². The molecule has 2 heterocycles. The molecule has 0 aromatic heterocycles. The normalized spacial score (nSPS) is 22.7. The van der Waals surface area contributed by atoms with Gasteiger partial charge in [-0.15, -0.1) is 0 Å². The lowest BCUT2D eigenvalue weighted by Crippen LogP contribution is -2.36. The zero-order valence-electron chi connectivity index (χ0n) is 9.69. The number of hydrogen-bond donors (Lipinski definition) is 0. The summed E-state index contributed by atoms with van der Waals surface area (Å²) in [7, 11) is 0. The number of halogens is 1. The van der Waals surface area contributed by atoms with Gasteiger partial charge in [0, 0.05) is 11.1 Å². The number of rotatable bonds is 2. The highest BCUT2D eigenvalue weighted by Gasteiger charge is 2.38. The van der Waals surface area contributed by atoms with Gasteiger partial charge in [-0.05, 0) is 40.9 Å². The van der Waals surface area contributed by atoms with Crippen LogP contribution in [-0.4, -0.2) is 30.9 Å². The second-order valence-corrected chi connectivity index (χ2v) is 5.37. The number of hydrogen-bond acceptors (Lipinski definition) is 3. The van der Waals surface area contributed by atoms with E-state index in [1.165, 1.54) is 4.90 Å². The van der Waals surface area contributed by atoms with Gasteiger partial charge in [0.05, 0.1) is 23.9 Å². The molecule has 0 spiro atoms. The third kappa shape index (κ3) is 1.78. The van der Waals surface area contributed by atoms with Crippen molar-refractivity contribution < 1.29 is 14.3 Å². The molecule has 0 saturated carbocycles. The first kappa shape index (κ1) is 11.9. The number of fused-ring (bicyclic) bond motifs is 1. The Morgan fingerprint density at radius 3 is 2.94 bits per heavy atom. The predicted molar refractivity (Wildman–Crippen MR) is 69.8 cm³/mol. The molecule has 1 aromatic carbocycles. The number of ketones is 1. The summed E-state index contributed by atoms with van der Waals surface area (Å²) in [6.45, 7) is 1.20. The zero-order chi connectivity index (χ0) is 12.7. The molecule has 18 heavy (non-hydrogen) atoms. The van der Waals surface area contributed by atoms with Gasteiger partial charge in [-0.25, -0.2) is 0 Å². The Balaban J connectivity index is 1.96. The maximum atomic E-state index is 12.0. The molecule has 1 unspecified atom stereocenters. The van der Waals surface area contributed by atoms with Crippen molar-refractivity contribution in [1.29, 1.82) is 0 Å². The first-order valence-electron chi connectivity index (χ1n) is 5.95. The highest BCUT2D eigenvalue weighted by Crippen LogP contribution is 2.36. The van der Waals surface area contributed by atoms with Gasteiger partial charge in [-0.3, -0.25) is 9.59 Å². The van der Waals surface area contributed by atoms with Crippen molar-refractivity contribution in [3.8, 4) is 0 Å². The Bertz CT molecular complexity index is 523. The van der Waals surface area contributed by atoms with E-state index in [2.05, 4.69) is 15.9 Å². The van der Waals surface area contributed by atoms with Crippen LogP contribution in [0.1, 0.15) is 23.2 Å². The Labute approximate surface area is 113 Å². The van der Waals surface area contributed by atoms with Gasteiger partial charge < -0.3 is 9.64 Å². The van der Waals surface area contributed by atoms with E-state index in [4.69, 9.17) is 4.74 Å². The third-order valence-electron chi connectivity index (χ3n) is 3.35. The molecule has 0 bridgehead atoms. The quantitative estimate of drug-likeness (QED) is 0.787. The summed E-state index contributed by atoms with van der Waals surface area (Å²) in [4.78, 5) is 25.4. The molecule has 5 heteroatoms. The van der Waals surface area contributed by atoms with Crippen molar-refractivity contribution in [2.24, 2.45) is 0 Å². The van der Waals surface area contributed by atoms with Gasteiger partial charge in [0.1, 0.15) is 0 Å². The standard InChI is InChI=1S/C13H12BrNO3/c14-10-5-1-4-9-11(10)15(13(17)12(9)16)7-8-3-2-6-18-8/h1,4-5,8H,2-3,6-7H2. The molecule has 4 nitrogen and oxygen atoms in total.